The first-order valence-electron chi connectivity index (χ1n) is 10.9. The number of nitrogens with one attached hydrogen (secondary N) is 2. The third kappa shape index (κ3) is 5.91. The molecule has 4 aromatic rings. The lowest BCUT2D eigenvalue weighted by molar-refractivity contribution is 0.0901. The van der Waals surface area contributed by atoms with Crippen molar-refractivity contribution in [3.63, 3.8) is 0 Å². The Kier molecular flexibility index (Phi) is 7.19. The topological polar surface area (TPSA) is 120 Å². The van der Waals surface area contributed by atoms with Crippen LogP contribution in [-0.4, -0.2) is 54.4 Å². The number of amides is 2. The van der Waals surface area contributed by atoms with Gasteiger partial charge in [-0.05, 0) is 55.0 Å². The van der Waals surface area contributed by atoms with E-state index < -0.39 is 11.8 Å². The van der Waals surface area contributed by atoms with Gasteiger partial charge < -0.3 is 10.6 Å². The molecule has 0 saturated carbocycles. The SMILES string of the molecule is CCCC(CNC(=O)c1cn(-c2ccc(F)cc2)nn1)NC(=O)c1cn(-c2ccc(F)cc2)nn1. The molecule has 0 saturated heterocycles. The monoisotopic (exact) mass is 480 g/mol. The average Bonchev–Trinajstić information content (AvgIpc) is 3.54. The summed E-state index contributed by atoms with van der Waals surface area (Å²) in [5, 5.41) is 21.1. The minimum atomic E-state index is -0.462. The molecule has 12 heteroatoms. The van der Waals surface area contributed by atoms with Gasteiger partial charge in [-0.25, -0.2) is 18.1 Å². The van der Waals surface area contributed by atoms with Crippen LogP contribution in [0.4, 0.5) is 8.78 Å². The standard InChI is InChI=1S/C23H22F2N8O2/c1-2-3-17(27-23(35)21-14-33(31-29-21)19-10-6-16(25)7-11-19)12-26-22(34)20-13-32(30-28-20)18-8-4-15(24)5-9-18/h4-11,13-14,17H,2-3,12H2,1H3,(H,26,34)(H,27,35). The van der Waals surface area contributed by atoms with E-state index in [4.69, 9.17) is 0 Å². The highest BCUT2D eigenvalue weighted by Gasteiger charge is 2.19. The summed E-state index contributed by atoms with van der Waals surface area (Å²) in [6, 6.07) is 10.9. The summed E-state index contributed by atoms with van der Waals surface area (Å²) in [5.41, 5.74) is 1.29. The molecule has 2 heterocycles. The third-order valence-electron chi connectivity index (χ3n) is 5.12. The number of rotatable bonds is 9. The molecule has 0 aliphatic carbocycles. The molecule has 2 N–H and O–H groups in total. The molecule has 35 heavy (non-hydrogen) atoms. The van der Waals surface area contributed by atoms with Gasteiger partial charge in [0.1, 0.15) is 11.6 Å². The van der Waals surface area contributed by atoms with Gasteiger partial charge in [0.2, 0.25) is 0 Å². The first kappa shape index (κ1) is 23.7. The van der Waals surface area contributed by atoms with E-state index in [-0.39, 0.29) is 35.6 Å². The van der Waals surface area contributed by atoms with Crippen LogP contribution >= 0.6 is 0 Å². The van der Waals surface area contributed by atoms with Crippen molar-refractivity contribution >= 4 is 11.8 Å². The Hall–Kier alpha value is -4.48. The molecule has 0 fully saturated rings. The van der Waals surface area contributed by atoms with Crippen molar-refractivity contribution in [2.75, 3.05) is 6.54 Å². The number of nitrogens with zero attached hydrogens (tertiary/aromatic N) is 6. The van der Waals surface area contributed by atoms with Crippen molar-refractivity contribution in [1.82, 2.24) is 40.6 Å². The van der Waals surface area contributed by atoms with E-state index in [0.29, 0.717) is 17.8 Å². The van der Waals surface area contributed by atoms with E-state index in [9.17, 15) is 18.4 Å². The number of aromatic nitrogens is 6. The molecule has 0 bridgehead atoms. The number of halogens is 2. The van der Waals surface area contributed by atoms with Crippen LogP contribution < -0.4 is 10.6 Å². The van der Waals surface area contributed by atoms with Gasteiger partial charge in [-0.15, -0.1) is 10.2 Å². The fourth-order valence-electron chi connectivity index (χ4n) is 3.32. The molecule has 2 amide bonds. The lowest BCUT2D eigenvalue weighted by atomic mass is 10.1. The van der Waals surface area contributed by atoms with Gasteiger partial charge in [-0.2, -0.15) is 0 Å². The largest absolute Gasteiger partial charge is 0.349 e. The van der Waals surface area contributed by atoms with Crippen LogP contribution in [0.5, 0.6) is 0 Å². The highest BCUT2D eigenvalue weighted by Crippen LogP contribution is 2.10. The summed E-state index contributed by atoms with van der Waals surface area (Å²) in [6.45, 7) is 2.12. The van der Waals surface area contributed by atoms with E-state index in [2.05, 4.69) is 31.3 Å². The molecule has 180 valence electrons. The lowest BCUT2D eigenvalue weighted by Gasteiger charge is -2.17. The Bertz CT molecular complexity index is 1300. The summed E-state index contributed by atoms with van der Waals surface area (Å²) in [4.78, 5) is 25.2. The molecular formula is C23H22F2N8O2. The van der Waals surface area contributed by atoms with Crippen LogP contribution in [0.15, 0.2) is 60.9 Å². The van der Waals surface area contributed by atoms with Crippen LogP contribution in [0.25, 0.3) is 11.4 Å². The average molecular weight is 480 g/mol. The van der Waals surface area contributed by atoms with Gasteiger partial charge in [0.25, 0.3) is 11.8 Å². The van der Waals surface area contributed by atoms with Gasteiger partial charge in [0.05, 0.1) is 23.8 Å². The molecule has 2 aromatic carbocycles. The Labute approximate surface area is 199 Å². The zero-order chi connectivity index (χ0) is 24.8. The van der Waals surface area contributed by atoms with Gasteiger partial charge in [-0.1, -0.05) is 23.8 Å². The summed E-state index contributed by atoms with van der Waals surface area (Å²) in [6.07, 6.45) is 4.26. The quantitative estimate of drug-likeness (QED) is 0.380. The van der Waals surface area contributed by atoms with Crippen molar-refractivity contribution in [2.24, 2.45) is 0 Å². The third-order valence-corrected chi connectivity index (χ3v) is 5.12. The predicted molar refractivity (Wildman–Crippen MR) is 121 cm³/mol. The lowest BCUT2D eigenvalue weighted by Crippen LogP contribution is -2.43. The van der Waals surface area contributed by atoms with Gasteiger partial charge in [-0.3, -0.25) is 9.59 Å². The Balaban J connectivity index is 1.35. The van der Waals surface area contributed by atoms with Gasteiger partial charge >= 0.3 is 0 Å². The number of hydrogen-bond acceptors (Lipinski definition) is 6. The fraction of sp³-hybridized carbons (Fsp3) is 0.217. The minimum Gasteiger partial charge on any atom is -0.349 e. The van der Waals surface area contributed by atoms with E-state index in [0.717, 1.165) is 6.42 Å². The second-order valence-corrected chi connectivity index (χ2v) is 7.72. The van der Waals surface area contributed by atoms with E-state index in [1.54, 1.807) is 0 Å². The Morgan fingerprint density at radius 2 is 1.31 bits per heavy atom. The van der Waals surface area contributed by atoms with Crippen LogP contribution in [0.3, 0.4) is 0 Å². The number of carbonyl (C=O) groups excluding carboxylic acids is 2. The first-order valence-corrected chi connectivity index (χ1v) is 10.9. The molecule has 0 aliphatic heterocycles. The van der Waals surface area contributed by atoms with Gasteiger partial charge in [0, 0.05) is 12.6 Å². The van der Waals surface area contributed by atoms with Crippen molar-refractivity contribution in [2.45, 2.75) is 25.8 Å². The van der Waals surface area contributed by atoms with Crippen LogP contribution in [0.2, 0.25) is 0 Å². The van der Waals surface area contributed by atoms with Crippen molar-refractivity contribution in [3.8, 4) is 11.4 Å². The Morgan fingerprint density at radius 1 is 0.829 bits per heavy atom. The van der Waals surface area contributed by atoms with Crippen LogP contribution in [0, 0.1) is 11.6 Å². The summed E-state index contributed by atoms with van der Waals surface area (Å²) in [7, 11) is 0. The van der Waals surface area contributed by atoms with Crippen molar-refractivity contribution in [3.05, 3.63) is 83.9 Å². The predicted octanol–water partition coefficient (Wildman–Crippen LogP) is 2.45. The highest BCUT2D eigenvalue weighted by molar-refractivity contribution is 5.93. The highest BCUT2D eigenvalue weighted by atomic mass is 19.1. The van der Waals surface area contributed by atoms with Gasteiger partial charge in [0.15, 0.2) is 11.4 Å². The molecule has 1 unspecified atom stereocenters. The molecule has 0 radical (unpaired) electrons. The molecule has 10 nitrogen and oxygen atoms in total. The number of carbonyl (C=O) groups is 2. The molecule has 4 rings (SSSR count). The zero-order valence-electron chi connectivity index (χ0n) is 18.7. The number of hydrogen-bond donors (Lipinski definition) is 2. The number of benzene rings is 2. The molecule has 0 aliphatic rings. The normalized spacial score (nSPS) is 11.7. The minimum absolute atomic E-state index is 0.0816. The van der Waals surface area contributed by atoms with Crippen LogP contribution in [-0.2, 0) is 0 Å². The zero-order valence-corrected chi connectivity index (χ0v) is 18.7. The molecule has 2 aromatic heterocycles. The first-order chi connectivity index (χ1) is 16.9. The maximum Gasteiger partial charge on any atom is 0.273 e. The van der Waals surface area contributed by atoms with Crippen LogP contribution in [0.1, 0.15) is 40.7 Å². The summed E-state index contributed by atoms with van der Waals surface area (Å²) >= 11 is 0. The maximum atomic E-state index is 13.1. The summed E-state index contributed by atoms with van der Waals surface area (Å²) < 4.78 is 29.0. The van der Waals surface area contributed by atoms with Crippen molar-refractivity contribution in [1.29, 1.82) is 0 Å². The molecule has 0 spiro atoms. The second-order valence-electron chi connectivity index (χ2n) is 7.72. The van der Waals surface area contributed by atoms with E-state index in [1.807, 2.05) is 6.92 Å². The Morgan fingerprint density at radius 3 is 1.80 bits per heavy atom. The van der Waals surface area contributed by atoms with E-state index >= 15 is 0 Å². The smallest absolute Gasteiger partial charge is 0.273 e. The van der Waals surface area contributed by atoms with E-state index in [1.165, 1.54) is 70.3 Å². The second kappa shape index (κ2) is 10.6. The molecule has 1 atom stereocenters. The fourth-order valence-corrected chi connectivity index (χ4v) is 3.32. The molecular weight excluding hydrogens is 458 g/mol. The maximum absolute atomic E-state index is 13.1. The summed E-state index contributed by atoms with van der Waals surface area (Å²) in [5.74, 6) is -1.67. The van der Waals surface area contributed by atoms with Crippen molar-refractivity contribution < 1.29 is 18.4 Å².